The molecule has 0 aliphatic carbocycles. The largest absolute Gasteiger partial charge is 0.355 e. The number of aliphatic imine (C=N–C) groups is 1. The topological polar surface area (TPSA) is 88.4 Å². The van der Waals surface area contributed by atoms with E-state index in [1.54, 1.807) is 22.9 Å². The minimum Gasteiger partial charge on any atom is -0.355 e. The number of hydrogen-bond donors (Lipinski definition) is 2. The lowest BCUT2D eigenvalue weighted by molar-refractivity contribution is -0.111. The third-order valence-corrected chi connectivity index (χ3v) is 6.57. The van der Waals surface area contributed by atoms with E-state index in [1.807, 2.05) is 74.6 Å². The molecule has 1 amide bonds. The van der Waals surface area contributed by atoms with Crippen molar-refractivity contribution in [3.05, 3.63) is 119 Å². The van der Waals surface area contributed by atoms with Gasteiger partial charge in [-0.2, -0.15) is 0 Å². The predicted molar refractivity (Wildman–Crippen MR) is 160 cm³/mol. The van der Waals surface area contributed by atoms with Gasteiger partial charge in [-0.1, -0.05) is 24.8 Å². The van der Waals surface area contributed by atoms with Gasteiger partial charge in [0.1, 0.15) is 0 Å². The lowest BCUT2D eigenvalue weighted by atomic mass is 10.0. The number of nitrogens with one attached hydrogen (secondary N) is 2. The van der Waals surface area contributed by atoms with Gasteiger partial charge in [-0.25, -0.2) is 0 Å². The van der Waals surface area contributed by atoms with Crippen LogP contribution in [-0.4, -0.2) is 22.2 Å². The van der Waals surface area contributed by atoms with Crippen molar-refractivity contribution >= 4 is 46.1 Å². The molecular formula is C32H27N5O2. The summed E-state index contributed by atoms with van der Waals surface area (Å²) < 4.78 is 1.63. The molecular weight excluding hydrogens is 486 g/mol. The van der Waals surface area contributed by atoms with Gasteiger partial charge in [-0.15, -0.1) is 0 Å². The average Bonchev–Trinajstić information content (AvgIpc) is 2.95. The summed E-state index contributed by atoms with van der Waals surface area (Å²) in [6, 6.07) is 22.7. The molecule has 0 saturated heterocycles. The second-order valence-corrected chi connectivity index (χ2v) is 9.18. The Balaban J connectivity index is 1.64. The number of nitrogens with zero attached hydrogens (tertiary/aromatic N) is 3. The molecule has 0 saturated carbocycles. The first-order chi connectivity index (χ1) is 18.9. The van der Waals surface area contributed by atoms with Crippen LogP contribution in [0.25, 0.3) is 27.7 Å². The van der Waals surface area contributed by atoms with E-state index in [4.69, 9.17) is 0 Å². The molecule has 2 heterocycles. The summed E-state index contributed by atoms with van der Waals surface area (Å²) in [4.78, 5) is 33.8. The number of anilines is 3. The molecule has 0 unspecified atom stereocenters. The van der Waals surface area contributed by atoms with Crippen LogP contribution in [0.15, 0.2) is 108 Å². The fraction of sp³-hybridized carbons (Fsp3) is 0.0625. The molecule has 3 aromatic carbocycles. The molecule has 0 aliphatic heterocycles. The molecule has 0 bridgehead atoms. The van der Waals surface area contributed by atoms with Crippen LogP contribution in [-0.2, 0) is 4.79 Å². The lowest BCUT2D eigenvalue weighted by Gasteiger charge is -2.19. The Labute approximate surface area is 226 Å². The number of aryl methyl sites for hydroxylation is 2. The van der Waals surface area contributed by atoms with Crippen molar-refractivity contribution in [1.29, 1.82) is 0 Å². The maximum atomic E-state index is 13.3. The number of amides is 1. The van der Waals surface area contributed by atoms with Crippen molar-refractivity contribution in [1.82, 2.24) is 9.55 Å². The van der Waals surface area contributed by atoms with E-state index in [2.05, 4.69) is 33.9 Å². The first kappa shape index (κ1) is 25.4. The predicted octanol–water partition coefficient (Wildman–Crippen LogP) is 6.87. The van der Waals surface area contributed by atoms with Crippen LogP contribution in [0.4, 0.5) is 22.7 Å². The molecule has 0 radical (unpaired) electrons. The fourth-order valence-electron chi connectivity index (χ4n) is 4.56. The molecule has 0 atom stereocenters. The van der Waals surface area contributed by atoms with Crippen LogP contribution in [0.1, 0.15) is 11.1 Å². The summed E-state index contributed by atoms with van der Waals surface area (Å²) in [7, 11) is 0. The molecule has 39 heavy (non-hydrogen) atoms. The number of pyridine rings is 2. The zero-order chi connectivity index (χ0) is 27.5. The molecule has 0 aliphatic rings. The Morgan fingerprint density at radius 1 is 0.923 bits per heavy atom. The molecule has 5 aromatic rings. The summed E-state index contributed by atoms with van der Waals surface area (Å²) in [5, 5.41) is 8.41. The van der Waals surface area contributed by atoms with Crippen LogP contribution in [0.2, 0.25) is 0 Å². The van der Waals surface area contributed by atoms with Crippen LogP contribution in [0.3, 0.4) is 0 Å². The van der Waals surface area contributed by atoms with E-state index >= 15 is 0 Å². The smallest absolute Gasteiger partial charge is 0.255 e. The first-order valence-electron chi connectivity index (χ1n) is 12.4. The minimum atomic E-state index is -0.326. The monoisotopic (exact) mass is 513 g/mol. The van der Waals surface area contributed by atoms with Gasteiger partial charge < -0.3 is 10.6 Å². The third kappa shape index (κ3) is 5.10. The molecule has 7 heteroatoms. The van der Waals surface area contributed by atoms with E-state index in [-0.39, 0.29) is 11.5 Å². The zero-order valence-corrected chi connectivity index (χ0v) is 21.7. The molecule has 192 valence electrons. The van der Waals surface area contributed by atoms with Gasteiger partial charge in [0.15, 0.2) is 0 Å². The highest BCUT2D eigenvalue weighted by atomic mass is 16.1. The third-order valence-electron chi connectivity index (χ3n) is 6.57. The Bertz CT molecular complexity index is 1820. The summed E-state index contributed by atoms with van der Waals surface area (Å²) in [5.74, 6) is -0.326. The summed E-state index contributed by atoms with van der Waals surface area (Å²) in [6.45, 7) is 11.1. The SMILES string of the molecule is C=CC(=O)Nc1cc(-n2c(-c3cc(Nc4ccc5ccncc5c4)ccc3N=C)c(C)ccc2=O)ccc1C. The maximum absolute atomic E-state index is 13.3. The van der Waals surface area contributed by atoms with Crippen molar-refractivity contribution in [2.24, 2.45) is 4.99 Å². The molecule has 5 rings (SSSR count). The van der Waals surface area contributed by atoms with Gasteiger partial charge in [0, 0.05) is 46.5 Å². The van der Waals surface area contributed by atoms with Crippen LogP contribution >= 0.6 is 0 Å². The number of benzene rings is 3. The van der Waals surface area contributed by atoms with E-state index in [0.29, 0.717) is 22.8 Å². The quantitative estimate of drug-likeness (QED) is 0.184. The van der Waals surface area contributed by atoms with E-state index in [1.165, 1.54) is 12.1 Å². The first-order valence-corrected chi connectivity index (χ1v) is 12.4. The van der Waals surface area contributed by atoms with Crippen LogP contribution < -0.4 is 16.2 Å². The summed E-state index contributed by atoms with van der Waals surface area (Å²) >= 11 is 0. The minimum absolute atomic E-state index is 0.212. The highest BCUT2D eigenvalue weighted by Crippen LogP contribution is 2.36. The van der Waals surface area contributed by atoms with Crippen LogP contribution in [0, 0.1) is 13.8 Å². The highest BCUT2D eigenvalue weighted by molar-refractivity contribution is 5.99. The normalized spacial score (nSPS) is 10.7. The molecule has 7 nitrogen and oxygen atoms in total. The highest BCUT2D eigenvalue weighted by Gasteiger charge is 2.17. The number of carbonyl (C=O) groups excluding carboxylic acids is 1. The Hall–Kier alpha value is -5.30. The van der Waals surface area contributed by atoms with E-state index < -0.39 is 0 Å². The molecule has 0 spiro atoms. The summed E-state index contributed by atoms with van der Waals surface area (Å²) in [5.41, 5.74) is 6.53. The maximum Gasteiger partial charge on any atom is 0.255 e. The number of carbonyl (C=O) groups is 1. The Morgan fingerprint density at radius 3 is 2.49 bits per heavy atom. The van der Waals surface area contributed by atoms with E-state index in [0.717, 1.165) is 38.8 Å². The number of rotatable bonds is 7. The van der Waals surface area contributed by atoms with Crippen molar-refractivity contribution in [2.45, 2.75) is 13.8 Å². The Morgan fingerprint density at radius 2 is 1.69 bits per heavy atom. The average molecular weight is 514 g/mol. The second-order valence-electron chi connectivity index (χ2n) is 9.18. The zero-order valence-electron chi connectivity index (χ0n) is 21.7. The van der Waals surface area contributed by atoms with Crippen molar-refractivity contribution < 1.29 is 4.79 Å². The van der Waals surface area contributed by atoms with Gasteiger partial charge in [0.2, 0.25) is 5.91 Å². The van der Waals surface area contributed by atoms with Gasteiger partial charge in [-0.3, -0.25) is 24.1 Å². The molecule has 0 fully saturated rings. The lowest BCUT2D eigenvalue weighted by Crippen LogP contribution is -2.20. The second kappa shape index (κ2) is 10.6. The Kier molecular flexibility index (Phi) is 6.89. The fourth-order valence-corrected chi connectivity index (χ4v) is 4.56. The summed E-state index contributed by atoms with van der Waals surface area (Å²) in [6.07, 6.45) is 4.81. The number of fused-ring (bicyclic) bond motifs is 1. The van der Waals surface area contributed by atoms with Gasteiger partial charge in [0.25, 0.3) is 5.56 Å². The molecule has 2 N–H and O–H groups in total. The standard InChI is InChI=1S/C32H27N5O2/c1-5-30(38)36-29-18-26(11-6-20(29)2)37-31(39)13-7-21(3)32(37)27-17-25(10-12-28(27)33-4)35-24-9-8-22-14-15-34-19-23(22)16-24/h5-19,35H,1,4H2,2-3H3,(H,36,38). The molecule has 2 aromatic heterocycles. The number of hydrogen-bond acceptors (Lipinski definition) is 5. The van der Waals surface area contributed by atoms with Gasteiger partial charge in [-0.05, 0) is 91.7 Å². The van der Waals surface area contributed by atoms with Gasteiger partial charge in [0.05, 0.1) is 17.1 Å². The van der Waals surface area contributed by atoms with Crippen molar-refractivity contribution in [2.75, 3.05) is 10.6 Å². The van der Waals surface area contributed by atoms with Crippen molar-refractivity contribution in [3.8, 4) is 16.9 Å². The van der Waals surface area contributed by atoms with E-state index in [9.17, 15) is 9.59 Å². The van der Waals surface area contributed by atoms with Crippen molar-refractivity contribution in [3.63, 3.8) is 0 Å². The van der Waals surface area contributed by atoms with Gasteiger partial charge >= 0.3 is 0 Å². The number of aromatic nitrogens is 2. The van der Waals surface area contributed by atoms with Crippen LogP contribution in [0.5, 0.6) is 0 Å².